The molecule has 1 fully saturated rings. The number of likely N-dealkylation sites (tertiary alicyclic amines) is 1. The van der Waals surface area contributed by atoms with E-state index in [1.165, 1.54) is 5.69 Å². The molecule has 0 saturated carbocycles. The van der Waals surface area contributed by atoms with Gasteiger partial charge in [-0.25, -0.2) is 0 Å². The number of rotatable bonds is 3. The van der Waals surface area contributed by atoms with Crippen molar-refractivity contribution < 1.29 is 4.79 Å². The number of hydrogen-bond donors (Lipinski definition) is 0. The number of hydrogen-bond acceptors (Lipinski definition) is 4. The van der Waals surface area contributed by atoms with E-state index in [9.17, 15) is 4.79 Å². The molecule has 0 radical (unpaired) electrons. The molecule has 0 bridgehead atoms. The van der Waals surface area contributed by atoms with Crippen LogP contribution in [0.3, 0.4) is 0 Å². The van der Waals surface area contributed by atoms with Gasteiger partial charge in [-0.05, 0) is 42.7 Å². The molecule has 0 aliphatic carbocycles. The second-order valence-corrected chi connectivity index (χ2v) is 8.69. The zero-order valence-electron chi connectivity index (χ0n) is 17.2. The van der Waals surface area contributed by atoms with E-state index in [4.69, 9.17) is 5.10 Å². The van der Waals surface area contributed by atoms with Crippen LogP contribution in [-0.2, 0) is 23.2 Å². The Hall–Kier alpha value is -3.54. The molecule has 6 rings (SSSR count). The summed E-state index contributed by atoms with van der Waals surface area (Å²) < 4.78 is 2.14. The Bertz CT molecular complexity index is 1280. The van der Waals surface area contributed by atoms with E-state index in [1.807, 2.05) is 41.4 Å². The maximum atomic E-state index is 12.9. The summed E-state index contributed by atoms with van der Waals surface area (Å²) in [5.74, 6) is 0.182. The van der Waals surface area contributed by atoms with Crippen molar-refractivity contribution in [2.45, 2.75) is 31.2 Å². The van der Waals surface area contributed by atoms with Gasteiger partial charge in [0.2, 0.25) is 5.91 Å². The van der Waals surface area contributed by atoms with Crippen LogP contribution in [-0.4, -0.2) is 43.6 Å². The van der Waals surface area contributed by atoms with Crippen molar-refractivity contribution in [2.75, 3.05) is 13.1 Å². The van der Waals surface area contributed by atoms with Gasteiger partial charge >= 0.3 is 0 Å². The van der Waals surface area contributed by atoms with Gasteiger partial charge in [0.05, 0.1) is 17.6 Å². The van der Waals surface area contributed by atoms with Crippen molar-refractivity contribution in [3.05, 3.63) is 78.4 Å². The Morgan fingerprint density at radius 1 is 1.03 bits per heavy atom. The molecule has 6 nitrogen and oxygen atoms in total. The summed E-state index contributed by atoms with van der Waals surface area (Å²) in [5.41, 5.74) is 5.24. The number of fused-ring (bicyclic) bond motifs is 3. The highest BCUT2D eigenvalue weighted by Crippen LogP contribution is 2.44. The molecule has 31 heavy (non-hydrogen) atoms. The van der Waals surface area contributed by atoms with E-state index in [-0.39, 0.29) is 11.3 Å². The van der Waals surface area contributed by atoms with Gasteiger partial charge in [0.15, 0.2) is 0 Å². The summed E-state index contributed by atoms with van der Waals surface area (Å²) in [4.78, 5) is 23.6. The summed E-state index contributed by atoms with van der Waals surface area (Å²) in [6.45, 7) is 2.48. The zero-order chi connectivity index (χ0) is 20.8. The monoisotopic (exact) mass is 409 g/mol. The summed E-state index contributed by atoms with van der Waals surface area (Å²) in [6.07, 6.45) is 7.87. The fourth-order valence-electron chi connectivity index (χ4n) is 5.10. The number of pyridine rings is 2. The maximum Gasteiger partial charge on any atom is 0.227 e. The lowest BCUT2D eigenvalue weighted by atomic mass is 9.82. The Labute approximate surface area is 180 Å². The Morgan fingerprint density at radius 3 is 2.84 bits per heavy atom. The third-order valence-electron chi connectivity index (χ3n) is 6.80. The van der Waals surface area contributed by atoms with E-state index in [0.29, 0.717) is 6.42 Å². The highest BCUT2D eigenvalue weighted by atomic mass is 16.2. The standard InChI is InChI=1S/C25H23N5O/c31-24(12-18-4-3-9-26-15-18)29-10-7-25(17-29)8-11-30-23(25)14-22(28-30)20-13-19-5-1-2-6-21(19)27-16-20/h1-6,9,13-16H,7-8,10-12,17H2. The van der Waals surface area contributed by atoms with Crippen LogP contribution in [0.4, 0.5) is 0 Å². The second-order valence-electron chi connectivity index (χ2n) is 8.69. The van der Waals surface area contributed by atoms with Gasteiger partial charge in [-0.1, -0.05) is 24.3 Å². The molecule has 6 heteroatoms. The molecule has 2 aliphatic rings. The van der Waals surface area contributed by atoms with Crippen LogP contribution in [0.15, 0.2) is 67.1 Å². The molecule has 1 amide bonds. The van der Waals surface area contributed by atoms with Crippen LogP contribution >= 0.6 is 0 Å². The third kappa shape index (κ3) is 3.10. The minimum Gasteiger partial charge on any atom is -0.341 e. The molecular weight excluding hydrogens is 386 g/mol. The molecule has 3 aromatic heterocycles. The van der Waals surface area contributed by atoms with Gasteiger partial charge < -0.3 is 4.90 Å². The SMILES string of the molecule is O=C(Cc1cccnc1)N1CCC2(CCn3nc(-c4cnc5ccccc5c4)cc32)C1. The average molecular weight is 409 g/mol. The van der Waals surface area contributed by atoms with Crippen LogP contribution in [0, 0.1) is 0 Å². The van der Waals surface area contributed by atoms with Crippen molar-refractivity contribution in [1.82, 2.24) is 24.6 Å². The lowest BCUT2D eigenvalue weighted by molar-refractivity contribution is -0.129. The molecule has 1 atom stereocenters. The maximum absolute atomic E-state index is 12.9. The molecule has 1 unspecified atom stereocenters. The highest BCUT2D eigenvalue weighted by Gasteiger charge is 2.46. The minimum absolute atomic E-state index is 0.0140. The first kappa shape index (κ1) is 18.2. The number of carbonyl (C=O) groups is 1. The largest absolute Gasteiger partial charge is 0.341 e. The first-order chi connectivity index (χ1) is 15.2. The smallest absolute Gasteiger partial charge is 0.227 e. The molecule has 1 aromatic carbocycles. The molecule has 2 aliphatic heterocycles. The number of aromatic nitrogens is 4. The first-order valence-electron chi connectivity index (χ1n) is 10.8. The Morgan fingerprint density at radius 2 is 1.94 bits per heavy atom. The van der Waals surface area contributed by atoms with Crippen molar-refractivity contribution in [1.29, 1.82) is 0 Å². The van der Waals surface area contributed by atoms with E-state index in [2.05, 4.69) is 32.8 Å². The van der Waals surface area contributed by atoms with Gasteiger partial charge in [0.1, 0.15) is 0 Å². The van der Waals surface area contributed by atoms with Gasteiger partial charge in [-0.3, -0.25) is 19.4 Å². The van der Waals surface area contributed by atoms with Crippen molar-refractivity contribution in [3.63, 3.8) is 0 Å². The predicted octanol–water partition coefficient (Wildman–Crippen LogP) is 3.61. The van der Waals surface area contributed by atoms with E-state index < -0.39 is 0 Å². The quantitative estimate of drug-likeness (QED) is 0.519. The summed E-state index contributed by atoms with van der Waals surface area (Å²) >= 11 is 0. The van der Waals surface area contributed by atoms with Crippen LogP contribution in [0.1, 0.15) is 24.1 Å². The van der Waals surface area contributed by atoms with Crippen LogP contribution in [0.5, 0.6) is 0 Å². The summed E-state index contributed by atoms with van der Waals surface area (Å²) in [7, 11) is 0. The van der Waals surface area contributed by atoms with Gasteiger partial charge in [-0.2, -0.15) is 5.10 Å². The zero-order valence-corrected chi connectivity index (χ0v) is 17.2. The Balaban J connectivity index is 1.25. The van der Waals surface area contributed by atoms with Crippen LogP contribution < -0.4 is 0 Å². The fraction of sp³-hybridized carbons (Fsp3) is 0.280. The number of nitrogens with zero attached hydrogens (tertiary/aromatic N) is 5. The Kier molecular flexibility index (Phi) is 4.13. The number of aryl methyl sites for hydroxylation is 1. The van der Waals surface area contributed by atoms with Crippen molar-refractivity contribution in [2.24, 2.45) is 0 Å². The predicted molar refractivity (Wildman–Crippen MR) is 118 cm³/mol. The average Bonchev–Trinajstić information content (AvgIpc) is 3.51. The number of carbonyl (C=O) groups excluding carboxylic acids is 1. The van der Waals surface area contributed by atoms with E-state index in [0.717, 1.165) is 60.2 Å². The minimum atomic E-state index is 0.0140. The molecule has 4 aromatic rings. The van der Waals surface area contributed by atoms with Crippen molar-refractivity contribution >= 4 is 16.8 Å². The van der Waals surface area contributed by atoms with Gasteiger partial charge in [0.25, 0.3) is 0 Å². The lowest BCUT2D eigenvalue weighted by Gasteiger charge is -2.23. The molecule has 5 heterocycles. The van der Waals surface area contributed by atoms with Crippen LogP contribution in [0.25, 0.3) is 22.2 Å². The number of benzene rings is 1. The van der Waals surface area contributed by atoms with Gasteiger partial charge in [-0.15, -0.1) is 0 Å². The number of para-hydroxylation sites is 1. The summed E-state index contributed by atoms with van der Waals surface area (Å²) in [6, 6.07) is 16.4. The van der Waals surface area contributed by atoms with E-state index >= 15 is 0 Å². The molecule has 0 N–H and O–H groups in total. The topological polar surface area (TPSA) is 63.9 Å². The molecular formula is C25H23N5O. The lowest BCUT2D eigenvalue weighted by Crippen LogP contribution is -2.34. The van der Waals surface area contributed by atoms with Crippen molar-refractivity contribution in [3.8, 4) is 11.3 Å². The molecule has 1 spiro atoms. The third-order valence-corrected chi connectivity index (χ3v) is 6.80. The number of amides is 1. The van der Waals surface area contributed by atoms with Crippen LogP contribution in [0.2, 0.25) is 0 Å². The summed E-state index contributed by atoms with van der Waals surface area (Å²) in [5, 5.41) is 6.01. The normalized spacial score (nSPS) is 19.9. The van der Waals surface area contributed by atoms with Gasteiger partial charge in [0, 0.05) is 60.3 Å². The van der Waals surface area contributed by atoms with E-state index in [1.54, 1.807) is 12.4 Å². The highest BCUT2D eigenvalue weighted by molar-refractivity contribution is 5.83. The second kappa shape index (κ2) is 7.01. The molecule has 1 saturated heterocycles. The molecule has 154 valence electrons. The fourth-order valence-corrected chi connectivity index (χ4v) is 5.10. The first-order valence-corrected chi connectivity index (χ1v) is 10.8.